The third-order valence-electron chi connectivity index (χ3n) is 7.32. The highest BCUT2D eigenvalue weighted by atomic mass is 35.5. The van der Waals surface area contributed by atoms with Crippen molar-refractivity contribution in [2.45, 2.75) is 43.6 Å². The molecule has 0 bridgehead atoms. The van der Waals surface area contributed by atoms with Crippen LogP contribution in [0.2, 0.25) is 5.02 Å². The van der Waals surface area contributed by atoms with Gasteiger partial charge in [0.1, 0.15) is 11.5 Å². The summed E-state index contributed by atoms with van der Waals surface area (Å²) in [6, 6.07) is 15.1. The molecule has 3 aromatic carbocycles. The van der Waals surface area contributed by atoms with Gasteiger partial charge in [0, 0.05) is 25.1 Å². The van der Waals surface area contributed by atoms with Crippen molar-refractivity contribution in [1.29, 1.82) is 0 Å². The van der Waals surface area contributed by atoms with Gasteiger partial charge in [-0.05, 0) is 47.7 Å². The summed E-state index contributed by atoms with van der Waals surface area (Å²) < 4.78 is 76.3. The van der Waals surface area contributed by atoms with Crippen LogP contribution in [0.25, 0.3) is 0 Å². The molecule has 44 heavy (non-hydrogen) atoms. The molecule has 1 N–H and O–H groups in total. The number of nitrogens with zero attached hydrogens (tertiary/aromatic N) is 2. The summed E-state index contributed by atoms with van der Waals surface area (Å²) in [4.78, 5) is 21.1. The number of rotatable bonds is 9. The zero-order valence-electron chi connectivity index (χ0n) is 23.9. The van der Waals surface area contributed by atoms with Gasteiger partial charge in [0.2, 0.25) is 0 Å². The Morgan fingerprint density at radius 1 is 1.05 bits per heavy atom. The molecule has 0 amide bonds. The van der Waals surface area contributed by atoms with Crippen molar-refractivity contribution in [3.8, 4) is 11.5 Å². The number of nitrogens with one attached hydrogen (secondary N) is 1. The molecule has 4 aromatic rings. The molecule has 13 heteroatoms. The van der Waals surface area contributed by atoms with Crippen molar-refractivity contribution in [1.82, 2.24) is 9.97 Å². The molecule has 2 heterocycles. The number of methoxy groups -OCH3 is 2. The molecule has 1 aliphatic rings. The summed E-state index contributed by atoms with van der Waals surface area (Å²) in [5.74, 6) is 0.119. The van der Waals surface area contributed by atoms with E-state index in [4.69, 9.17) is 25.8 Å². The monoisotopic (exact) mass is 649 g/mol. The zero-order chi connectivity index (χ0) is 31.6. The Labute approximate surface area is 260 Å². The molecular formula is C31H28ClF4N3O4S. The number of halogens is 5. The third-order valence-corrected chi connectivity index (χ3v) is 8.20. The highest BCUT2D eigenvalue weighted by molar-refractivity contribution is 7.98. The number of aromatic amines is 1. The van der Waals surface area contributed by atoms with Gasteiger partial charge in [-0.25, -0.2) is 9.37 Å². The molecule has 7 nitrogen and oxygen atoms in total. The van der Waals surface area contributed by atoms with E-state index in [1.54, 1.807) is 59.7 Å². The lowest BCUT2D eigenvalue weighted by atomic mass is 9.93. The number of fused-ring (bicyclic) bond motifs is 1. The second kappa shape index (κ2) is 13.1. The molecule has 0 saturated carbocycles. The number of benzene rings is 3. The second-order valence-electron chi connectivity index (χ2n) is 10.0. The van der Waals surface area contributed by atoms with Gasteiger partial charge in [-0.2, -0.15) is 13.2 Å². The SMILES string of the molecule is COc1ccc(CN(Cc2ccc(OC)cc2)c2cc(Cl)c(C(F)(F)F)c(C3Cc4nc(SC)[nH]c(=O)c4CO3)c2F)cc1. The molecule has 1 atom stereocenters. The number of hydrogen-bond acceptors (Lipinski definition) is 7. The maximum atomic E-state index is 16.7. The van der Waals surface area contributed by atoms with E-state index in [2.05, 4.69) is 9.97 Å². The summed E-state index contributed by atoms with van der Waals surface area (Å²) in [5, 5.41) is -0.376. The van der Waals surface area contributed by atoms with E-state index in [-0.39, 0.29) is 43.1 Å². The van der Waals surface area contributed by atoms with E-state index in [0.29, 0.717) is 16.7 Å². The lowest BCUT2D eigenvalue weighted by Crippen LogP contribution is -2.29. The van der Waals surface area contributed by atoms with Crippen LogP contribution in [0, 0.1) is 5.82 Å². The first-order chi connectivity index (χ1) is 21.0. The maximum absolute atomic E-state index is 16.7. The first-order valence-corrected chi connectivity index (χ1v) is 15.0. The molecule has 0 aliphatic carbocycles. The van der Waals surface area contributed by atoms with Gasteiger partial charge in [0.25, 0.3) is 5.56 Å². The van der Waals surface area contributed by atoms with Gasteiger partial charge in [-0.3, -0.25) is 4.79 Å². The first-order valence-electron chi connectivity index (χ1n) is 13.4. The molecule has 1 unspecified atom stereocenters. The summed E-state index contributed by atoms with van der Waals surface area (Å²) in [6.45, 7) is -0.0656. The van der Waals surface area contributed by atoms with E-state index in [1.165, 1.54) is 26.0 Å². The van der Waals surface area contributed by atoms with Crippen molar-refractivity contribution in [3.05, 3.63) is 109 Å². The minimum Gasteiger partial charge on any atom is -0.497 e. The van der Waals surface area contributed by atoms with E-state index in [1.807, 2.05) is 0 Å². The van der Waals surface area contributed by atoms with Crippen LogP contribution in [0.3, 0.4) is 0 Å². The van der Waals surface area contributed by atoms with Gasteiger partial charge in [-0.15, -0.1) is 0 Å². The molecule has 0 fully saturated rings. The second-order valence-corrected chi connectivity index (χ2v) is 11.2. The van der Waals surface area contributed by atoms with Crippen molar-refractivity contribution in [2.75, 3.05) is 25.4 Å². The normalized spacial score (nSPS) is 14.7. The minimum atomic E-state index is -4.99. The first kappa shape index (κ1) is 31.7. The summed E-state index contributed by atoms with van der Waals surface area (Å²) >= 11 is 7.51. The van der Waals surface area contributed by atoms with Crippen LogP contribution in [0.1, 0.15) is 39.6 Å². The van der Waals surface area contributed by atoms with E-state index in [0.717, 1.165) is 17.2 Å². The van der Waals surface area contributed by atoms with Crippen LogP contribution < -0.4 is 19.9 Å². The predicted octanol–water partition coefficient (Wildman–Crippen LogP) is 7.34. The van der Waals surface area contributed by atoms with Gasteiger partial charge >= 0.3 is 6.18 Å². The average Bonchev–Trinajstić information content (AvgIpc) is 3.01. The Morgan fingerprint density at radius 2 is 1.61 bits per heavy atom. The van der Waals surface area contributed by atoms with Crippen LogP contribution >= 0.6 is 23.4 Å². The number of ether oxygens (including phenoxy) is 3. The lowest BCUT2D eigenvalue weighted by Gasteiger charge is -2.31. The number of aromatic nitrogens is 2. The summed E-state index contributed by atoms with van der Waals surface area (Å²) in [7, 11) is 3.07. The fraction of sp³-hybridized carbons (Fsp3) is 0.290. The Morgan fingerprint density at radius 3 is 2.11 bits per heavy atom. The molecule has 0 spiro atoms. The van der Waals surface area contributed by atoms with Crippen molar-refractivity contribution in [3.63, 3.8) is 0 Å². The van der Waals surface area contributed by atoms with Gasteiger partial charge in [0.05, 0.1) is 54.5 Å². The molecule has 5 rings (SSSR count). The standard InChI is InChI=1S/C31H28ClF4N3O4S/c1-41-19-8-4-17(5-9-19)14-39(15-18-6-10-20(42-2)11-7-18)24-12-22(32)27(31(34,35)36)26(28(24)33)25-13-23-21(16-43-25)29(40)38-30(37-23)44-3/h4-12,25H,13-16H2,1-3H3,(H,37,38,40). The number of H-pyrrole nitrogens is 1. The van der Waals surface area contributed by atoms with Crippen LogP contribution in [-0.4, -0.2) is 30.4 Å². The van der Waals surface area contributed by atoms with Gasteiger partial charge in [-0.1, -0.05) is 47.6 Å². The number of thioether (sulfide) groups is 1. The molecule has 1 aliphatic heterocycles. The average molecular weight is 650 g/mol. The summed E-state index contributed by atoms with van der Waals surface area (Å²) in [6.07, 6.45) is -4.93. The Bertz CT molecular complexity index is 1650. The quantitative estimate of drug-likeness (QED) is 0.116. The minimum absolute atomic E-state index is 0.135. The smallest absolute Gasteiger partial charge is 0.418 e. The highest BCUT2D eigenvalue weighted by Gasteiger charge is 2.42. The van der Waals surface area contributed by atoms with Crippen molar-refractivity contribution < 1.29 is 31.8 Å². The lowest BCUT2D eigenvalue weighted by molar-refractivity contribution is -0.140. The molecule has 232 valence electrons. The fourth-order valence-corrected chi connectivity index (χ4v) is 5.83. The molecule has 1 aromatic heterocycles. The highest BCUT2D eigenvalue weighted by Crippen LogP contribution is 2.46. The maximum Gasteiger partial charge on any atom is 0.418 e. The zero-order valence-corrected chi connectivity index (χ0v) is 25.5. The van der Waals surface area contributed by atoms with Crippen molar-refractivity contribution in [2.24, 2.45) is 0 Å². The molecular weight excluding hydrogens is 622 g/mol. The van der Waals surface area contributed by atoms with Gasteiger partial charge < -0.3 is 24.1 Å². The Kier molecular flexibility index (Phi) is 9.42. The number of anilines is 1. The summed E-state index contributed by atoms with van der Waals surface area (Å²) in [5.41, 5.74) is -0.689. The third kappa shape index (κ3) is 6.67. The number of hydrogen-bond donors (Lipinski definition) is 1. The largest absolute Gasteiger partial charge is 0.497 e. The van der Waals surface area contributed by atoms with Gasteiger partial charge in [0.15, 0.2) is 11.0 Å². The Balaban J connectivity index is 1.63. The molecule has 0 radical (unpaired) electrons. The van der Waals surface area contributed by atoms with E-state index in [9.17, 15) is 18.0 Å². The fourth-order valence-electron chi connectivity index (χ4n) is 5.12. The molecule has 0 saturated heterocycles. The van der Waals surface area contributed by atoms with E-state index < -0.39 is 39.8 Å². The number of alkyl halides is 3. The predicted molar refractivity (Wildman–Crippen MR) is 160 cm³/mol. The topological polar surface area (TPSA) is 76.7 Å². The van der Waals surface area contributed by atoms with Crippen LogP contribution in [0.4, 0.5) is 23.2 Å². The van der Waals surface area contributed by atoms with Crippen LogP contribution in [-0.2, 0) is 37.0 Å². The van der Waals surface area contributed by atoms with E-state index >= 15 is 4.39 Å². The van der Waals surface area contributed by atoms with Crippen LogP contribution in [0.5, 0.6) is 11.5 Å². The Hall–Kier alpha value is -3.74. The van der Waals surface area contributed by atoms with Crippen LogP contribution in [0.15, 0.2) is 64.5 Å². The van der Waals surface area contributed by atoms with Crippen molar-refractivity contribution >= 4 is 29.1 Å².